The molecule has 0 aromatic carbocycles. The summed E-state index contributed by atoms with van der Waals surface area (Å²) in [4.78, 5) is 26.5. The average molecular weight is 339 g/mol. The maximum Gasteiger partial charge on any atom is 0.335 e. The zero-order chi connectivity index (χ0) is 16.9. The van der Waals surface area contributed by atoms with Crippen molar-refractivity contribution in [3.8, 4) is 0 Å². The van der Waals surface area contributed by atoms with E-state index >= 15 is 0 Å². The third-order valence-corrected chi connectivity index (χ3v) is 5.17. The number of amides is 1. The van der Waals surface area contributed by atoms with Crippen LogP contribution in [0.25, 0.3) is 0 Å². The molecule has 1 amide bonds. The molecule has 6 heteroatoms. The Hall–Kier alpha value is -1.14. The molecule has 0 N–H and O–H groups in total. The van der Waals surface area contributed by atoms with E-state index in [4.69, 9.17) is 14.2 Å². The lowest BCUT2D eigenvalue weighted by Crippen LogP contribution is -2.43. The number of nitrogens with zero attached hydrogens (tertiary/aromatic N) is 1. The molecule has 2 aliphatic carbocycles. The van der Waals surface area contributed by atoms with Gasteiger partial charge in [0, 0.05) is 18.7 Å². The quantitative estimate of drug-likeness (QED) is 0.633. The predicted molar refractivity (Wildman–Crippen MR) is 87.5 cm³/mol. The minimum Gasteiger partial charge on any atom is -0.454 e. The van der Waals surface area contributed by atoms with Crippen molar-refractivity contribution in [3.63, 3.8) is 0 Å². The molecule has 2 saturated carbocycles. The van der Waals surface area contributed by atoms with Gasteiger partial charge in [-0.3, -0.25) is 4.79 Å². The number of hydrogen-bond acceptors (Lipinski definition) is 5. The smallest absolute Gasteiger partial charge is 0.335 e. The lowest BCUT2D eigenvalue weighted by Gasteiger charge is -2.29. The molecular formula is C18H29NO5. The normalized spacial score (nSPS) is 25.6. The van der Waals surface area contributed by atoms with Crippen LogP contribution in [-0.2, 0) is 23.8 Å². The zero-order valence-corrected chi connectivity index (χ0v) is 14.6. The van der Waals surface area contributed by atoms with Crippen LogP contribution in [0.3, 0.4) is 0 Å². The van der Waals surface area contributed by atoms with Crippen LogP contribution in [0.4, 0.5) is 0 Å². The lowest BCUT2D eigenvalue weighted by atomic mass is 10.2. The summed E-state index contributed by atoms with van der Waals surface area (Å²) in [5, 5.41) is 0. The second-order valence-electron chi connectivity index (χ2n) is 7.19. The highest BCUT2D eigenvalue weighted by Crippen LogP contribution is 2.34. The van der Waals surface area contributed by atoms with Crippen LogP contribution in [0.1, 0.15) is 58.3 Å². The summed E-state index contributed by atoms with van der Waals surface area (Å²) in [5.74, 6) is -0.521. The van der Waals surface area contributed by atoms with E-state index in [1.807, 2.05) is 4.90 Å². The van der Waals surface area contributed by atoms with Gasteiger partial charge < -0.3 is 19.1 Å². The van der Waals surface area contributed by atoms with Gasteiger partial charge in [-0.05, 0) is 45.4 Å². The fourth-order valence-electron chi connectivity index (χ4n) is 3.66. The van der Waals surface area contributed by atoms with Crippen LogP contribution < -0.4 is 0 Å². The highest BCUT2D eigenvalue weighted by molar-refractivity contribution is 5.82. The van der Waals surface area contributed by atoms with Gasteiger partial charge in [0.2, 0.25) is 0 Å². The monoisotopic (exact) mass is 339 g/mol. The molecule has 2 unspecified atom stereocenters. The Balaban J connectivity index is 1.39. The summed E-state index contributed by atoms with van der Waals surface area (Å²) in [5.41, 5.74) is 0. The van der Waals surface area contributed by atoms with Gasteiger partial charge in [-0.1, -0.05) is 12.8 Å². The number of carbonyl (C=O) groups excluding carboxylic acids is 2. The summed E-state index contributed by atoms with van der Waals surface area (Å²) in [6, 6.07) is 0.712. The van der Waals surface area contributed by atoms with Crippen molar-refractivity contribution in [3.05, 3.63) is 0 Å². The zero-order valence-electron chi connectivity index (χ0n) is 14.6. The van der Waals surface area contributed by atoms with E-state index in [2.05, 4.69) is 0 Å². The SMILES string of the molecule is CC(OCC1CCCO1)C(=O)OCC(=O)N(C1CCCC1)C1CC1. The van der Waals surface area contributed by atoms with Gasteiger partial charge in [0.1, 0.15) is 0 Å². The first-order chi connectivity index (χ1) is 11.6. The highest BCUT2D eigenvalue weighted by atomic mass is 16.6. The summed E-state index contributed by atoms with van der Waals surface area (Å²) in [6.45, 7) is 2.66. The van der Waals surface area contributed by atoms with E-state index in [9.17, 15) is 9.59 Å². The maximum atomic E-state index is 12.5. The van der Waals surface area contributed by atoms with E-state index < -0.39 is 12.1 Å². The molecule has 3 fully saturated rings. The third kappa shape index (κ3) is 4.70. The molecule has 136 valence electrons. The first-order valence-corrected chi connectivity index (χ1v) is 9.36. The van der Waals surface area contributed by atoms with Gasteiger partial charge in [0.15, 0.2) is 12.7 Å². The number of esters is 1. The van der Waals surface area contributed by atoms with Gasteiger partial charge >= 0.3 is 5.97 Å². The largest absolute Gasteiger partial charge is 0.454 e. The van der Waals surface area contributed by atoms with E-state index in [-0.39, 0.29) is 18.6 Å². The molecular weight excluding hydrogens is 310 g/mol. The van der Waals surface area contributed by atoms with Gasteiger partial charge in [0.05, 0.1) is 12.7 Å². The van der Waals surface area contributed by atoms with Crippen LogP contribution in [0.15, 0.2) is 0 Å². The van der Waals surface area contributed by atoms with E-state index in [0.29, 0.717) is 18.7 Å². The van der Waals surface area contributed by atoms with E-state index in [0.717, 1.165) is 45.1 Å². The van der Waals surface area contributed by atoms with Crippen molar-refractivity contribution >= 4 is 11.9 Å². The second-order valence-corrected chi connectivity index (χ2v) is 7.19. The van der Waals surface area contributed by atoms with Gasteiger partial charge in [0.25, 0.3) is 5.91 Å². The van der Waals surface area contributed by atoms with Crippen molar-refractivity contribution in [2.24, 2.45) is 0 Å². The number of ether oxygens (including phenoxy) is 3. The predicted octanol–water partition coefficient (Wildman–Crippen LogP) is 2.05. The Bertz CT molecular complexity index is 439. The molecule has 0 radical (unpaired) electrons. The molecule has 1 aliphatic heterocycles. The Morgan fingerprint density at radius 3 is 2.42 bits per heavy atom. The number of rotatable bonds is 8. The molecule has 3 rings (SSSR count). The number of carbonyl (C=O) groups is 2. The van der Waals surface area contributed by atoms with Gasteiger partial charge in [-0.15, -0.1) is 0 Å². The fourth-order valence-corrected chi connectivity index (χ4v) is 3.66. The molecule has 1 saturated heterocycles. The van der Waals surface area contributed by atoms with Crippen molar-refractivity contribution < 1.29 is 23.8 Å². The minimum absolute atomic E-state index is 0.0518. The van der Waals surface area contributed by atoms with Gasteiger partial charge in [-0.2, -0.15) is 0 Å². The van der Waals surface area contributed by atoms with Crippen molar-refractivity contribution in [1.82, 2.24) is 4.90 Å². The van der Waals surface area contributed by atoms with Crippen LogP contribution in [0.5, 0.6) is 0 Å². The van der Waals surface area contributed by atoms with Gasteiger partial charge in [-0.25, -0.2) is 4.79 Å². The Labute approximate surface area is 143 Å². The standard InChI is InChI=1S/C18H29NO5/c1-13(23-11-16-7-4-10-22-16)18(21)24-12-17(20)19(15-8-9-15)14-5-2-3-6-14/h13-16H,2-12H2,1H3. The second kappa shape index (κ2) is 8.30. The molecule has 0 bridgehead atoms. The summed E-state index contributed by atoms with van der Waals surface area (Å²) >= 11 is 0. The van der Waals surface area contributed by atoms with Crippen LogP contribution in [-0.4, -0.2) is 60.9 Å². The van der Waals surface area contributed by atoms with Crippen molar-refractivity contribution in [2.75, 3.05) is 19.8 Å². The topological polar surface area (TPSA) is 65.1 Å². The number of hydrogen-bond donors (Lipinski definition) is 0. The molecule has 0 aromatic rings. The Morgan fingerprint density at radius 1 is 1.08 bits per heavy atom. The summed E-state index contributed by atoms with van der Waals surface area (Å²) in [6.07, 6.45) is 8.13. The maximum absolute atomic E-state index is 12.5. The fraction of sp³-hybridized carbons (Fsp3) is 0.889. The lowest BCUT2D eigenvalue weighted by molar-refractivity contribution is -0.163. The summed E-state index contributed by atoms with van der Waals surface area (Å²) in [7, 11) is 0. The first kappa shape index (κ1) is 17.7. The molecule has 3 aliphatic rings. The molecule has 2 atom stereocenters. The van der Waals surface area contributed by atoms with E-state index in [1.165, 1.54) is 12.8 Å². The van der Waals surface area contributed by atoms with Crippen LogP contribution in [0.2, 0.25) is 0 Å². The molecule has 1 heterocycles. The van der Waals surface area contributed by atoms with Crippen molar-refractivity contribution in [1.29, 1.82) is 0 Å². The third-order valence-electron chi connectivity index (χ3n) is 5.17. The Morgan fingerprint density at radius 2 is 1.79 bits per heavy atom. The Kier molecular flexibility index (Phi) is 6.11. The van der Waals surface area contributed by atoms with E-state index in [1.54, 1.807) is 6.92 Å². The first-order valence-electron chi connectivity index (χ1n) is 9.36. The molecule has 6 nitrogen and oxygen atoms in total. The van der Waals surface area contributed by atoms with Crippen LogP contribution >= 0.6 is 0 Å². The molecule has 0 aromatic heterocycles. The minimum atomic E-state index is -0.664. The summed E-state index contributed by atoms with van der Waals surface area (Å²) < 4.78 is 16.2. The van der Waals surface area contributed by atoms with Crippen molar-refractivity contribution in [2.45, 2.75) is 82.6 Å². The molecule has 24 heavy (non-hydrogen) atoms. The highest BCUT2D eigenvalue weighted by Gasteiger charge is 2.38. The molecule has 0 spiro atoms. The average Bonchev–Trinajstić information content (AvgIpc) is 3.05. The van der Waals surface area contributed by atoms with Crippen LogP contribution in [0, 0.1) is 0 Å².